The van der Waals surface area contributed by atoms with Gasteiger partial charge in [0.05, 0.1) is 11.8 Å². The lowest BCUT2D eigenvalue weighted by Gasteiger charge is -2.31. The maximum absolute atomic E-state index is 12.3. The fraction of sp³-hybridized carbons (Fsp3) is 0.250. The number of hydrogen-bond donors (Lipinski definition) is 1. The fourth-order valence-corrected chi connectivity index (χ4v) is 2.98. The van der Waals surface area contributed by atoms with Gasteiger partial charge in [-0.25, -0.2) is 0 Å². The molecule has 1 aromatic rings. The summed E-state index contributed by atoms with van der Waals surface area (Å²) in [4.78, 5) is 18.4. The number of likely N-dealkylation sites (N-methyl/N-ethyl adjacent to an activating group) is 1. The summed E-state index contributed by atoms with van der Waals surface area (Å²) in [7, 11) is 1.75. The van der Waals surface area contributed by atoms with Crippen molar-refractivity contribution in [3.8, 4) is 0 Å². The van der Waals surface area contributed by atoms with E-state index in [4.69, 9.17) is 17.3 Å². The zero-order chi connectivity index (χ0) is 15.0. The first kappa shape index (κ1) is 14.0. The second-order valence-electron chi connectivity index (χ2n) is 5.20. The molecule has 108 valence electrons. The molecule has 5 heteroatoms. The Labute approximate surface area is 128 Å². The molecule has 1 amide bonds. The minimum atomic E-state index is -0.878. The van der Waals surface area contributed by atoms with Crippen LogP contribution in [0.5, 0.6) is 0 Å². The number of aliphatic imine (C=N–C) groups is 1. The van der Waals surface area contributed by atoms with E-state index < -0.39 is 6.17 Å². The van der Waals surface area contributed by atoms with E-state index in [2.05, 4.69) is 4.99 Å². The molecule has 0 radical (unpaired) electrons. The van der Waals surface area contributed by atoms with Crippen molar-refractivity contribution in [3.05, 3.63) is 59.2 Å². The minimum Gasteiger partial charge on any atom is -0.335 e. The van der Waals surface area contributed by atoms with Crippen LogP contribution in [0, 0.1) is 5.92 Å². The first-order valence-electron chi connectivity index (χ1n) is 6.79. The molecule has 1 aromatic carbocycles. The van der Waals surface area contributed by atoms with Crippen molar-refractivity contribution in [2.75, 3.05) is 7.05 Å². The number of halogens is 1. The van der Waals surface area contributed by atoms with Gasteiger partial charge < -0.3 is 10.6 Å². The molecular weight excluding hydrogens is 286 g/mol. The lowest BCUT2D eigenvalue weighted by atomic mass is 9.86. The molecule has 3 rings (SSSR count). The number of nitrogens with two attached hydrogens (primary N) is 1. The predicted octanol–water partition coefficient (Wildman–Crippen LogP) is 1.91. The largest absolute Gasteiger partial charge is 0.335 e. The average molecular weight is 302 g/mol. The summed E-state index contributed by atoms with van der Waals surface area (Å²) >= 11 is 6.15. The van der Waals surface area contributed by atoms with E-state index in [9.17, 15) is 4.79 Å². The second kappa shape index (κ2) is 5.47. The van der Waals surface area contributed by atoms with Crippen LogP contribution < -0.4 is 5.73 Å². The van der Waals surface area contributed by atoms with Gasteiger partial charge in [0.2, 0.25) is 0 Å². The predicted molar refractivity (Wildman–Crippen MR) is 84.1 cm³/mol. The summed E-state index contributed by atoms with van der Waals surface area (Å²) < 4.78 is 0. The molecule has 3 atom stereocenters. The number of fused-ring (bicyclic) bond motifs is 1. The van der Waals surface area contributed by atoms with Crippen LogP contribution in [-0.2, 0) is 4.79 Å². The van der Waals surface area contributed by atoms with Gasteiger partial charge in [-0.15, -0.1) is 0 Å². The molecule has 21 heavy (non-hydrogen) atoms. The van der Waals surface area contributed by atoms with E-state index in [1.165, 1.54) is 0 Å². The Morgan fingerprint density at radius 3 is 2.71 bits per heavy atom. The van der Waals surface area contributed by atoms with Gasteiger partial charge in [-0.2, -0.15) is 0 Å². The molecule has 0 bridgehead atoms. The first-order chi connectivity index (χ1) is 10.1. The smallest absolute Gasteiger partial charge is 0.262 e. The molecule has 1 aliphatic heterocycles. The number of rotatable bonds is 1. The zero-order valence-electron chi connectivity index (χ0n) is 11.6. The van der Waals surface area contributed by atoms with Crippen molar-refractivity contribution in [1.82, 2.24) is 4.90 Å². The van der Waals surface area contributed by atoms with Crippen molar-refractivity contribution in [2.45, 2.75) is 12.2 Å². The standard InChI is InChI=1S/C16H16ClN3O/c1-20-13-8-7-11(17)9-12(13)14(19-15(18)16(20)21)10-5-3-2-4-6-10/h2-9,12-13,15H,18H2,1H3. The van der Waals surface area contributed by atoms with Crippen LogP contribution >= 0.6 is 11.6 Å². The van der Waals surface area contributed by atoms with E-state index in [0.29, 0.717) is 5.03 Å². The molecule has 0 fully saturated rings. The van der Waals surface area contributed by atoms with Crippen LogP contribution in [0.4, 0.5) is 0 Å². The Morgan fingerprint density at radius 2 is 2.00 bits per heavy atom. The van der Waals surface area contributed by atoms with Gasteiger partial charge in [-0.05, 0) is 11.6 Å². The zero-order valence-corrected chi connectivity index (χ0v) is 12.4. The Hall–Kier alpha value is -1.91. The monoisotopic (exact) mass is 301 g/mol. The molecule has 0 saturated heterocycles. The summed E-state index contributed by atoms with van der Waals surface area (Å²) in [5, 5.41) is 0.649. The van der Waals surface area contributed by atoms with Gasteiger partial charge in [0.15, 0.2) is 6.17 Å². The van der Waals surface area contributed by atoms with Gasteiger partial charge in [-0.3, -0.25) is 9.79 Å². The molecule has 1 heterocycles. The Balaban J connectivity index is 2.13. The van der Waals surface area contributed by atoms with E-state index >= 15 is 0 Å². The van der Waals surface area contributed by atoms with E-state index in [1.54, 1.807) is 11.9 Å². The molecule has 3 unspecified atom stereocenters. The molecule has 2 N–H and O–H groups in total. The molecule has 0 aromatic heterocycles. The topological polar surface area (TPSA) is 58.7 Å². The number of carbonyl (C=O) groups is 1. The molecule has 4 nitrogen and oxygen atoms in total. The molecule has 1 aliphatic carbocycles. The van der Waals surface area contributed by atoms with Crippen LogP contribution in [0.3, 0.4) is 0 Å². The van der Waals surface area contributed by atoms with Crippen LogP contribution in [-0.4, -0.2) is 35.8 Å². The molecular formula is C16H16ClN3O. The van der Waals surface area contributed by atoms with Crippen molar-refractivity contribution >= 4 is 23.2 Å². The summed E-state index contributed by atoms with van der Waals surface area (Å²) in [6.45, 7) is 0. The summed E-state index contributed by atoms with van der Waals surface area (Å²) in [6.07, 6.45) is 4.80. The van der Waals surface area contributed by atoms with Crippen molar-refractivity contribution in [3.63, 3.8) is 0 Å². The van der Waals surface area contributed by atoms with Gasteiger partial charge in [0.25, 0.3) is 5.91 Å². The lowest BCUT2D eigenvalue weighted by molar-refractivity contribution is -0.132. The quantitative estimate of drug-likeness (QED) is 0.861. The van der Waals surface area contributed by atoms with Crippen molar-refractivity contribution in [1.29, 1.82) is 0 Å². The molecule has 0 spiro atoms. The maximum atomic E-state index is 12.3. The summed E-state index contributed by atoms with van der Waals surface area (Å²) in [5.41, 5.74) is 7.69. The minimum absolute atomic E-state index is 0.0904. The van der Waals surface area contributed by atoms with Crippen molar-refractivity contribution in [2.24, 2.45) is 16.6 Å². The van der Waals surface area contributed by atoms with Gasteiger partial charge in [-0.1, -0.05) is 54.1 Å². The SMILES string of the molecule is CN1C(=O)C(N)N=C(c2ccccc2)C2C=C(Cl)C=CC21. The highest BCUT2D eigenvalue weighted by Crippen LogP contribution is 2.29. The van der Waals surface area contributed by atoms with E-state index in [0.717, 1.165) is 11.3 Å². The number of hydrogen-bond acceptors (Lipinski definition) is 3. The summed E-state index contributed by atoms with van der Waals surface area (Å²) in [6, 6.07) is 9.65. The maximum Gasteiger partial charge on any atom is 0.262 e. The highest BCUT2D eigenvalue weighted by molar-refractivity contribution is 6.31. The Kier molecular flexibility index (Phi) is 3.66. The molecule has 2 aliphatic rings. The fourth-order valence-electron chi connectivity index (χ4n) is 2.77. The Bertz CT molecular complexity index is 651. The van der Waals surface area contributed by atoms with Crippen molar-refractivity contribution < 1.29 is 4.79 Å². The number of nitrogens with zero attached hydrogens (tertiary/aromatic N) is 2. The third-order valence-corrected chi connectivity index (χ3v) is 4.12. The van der Waals surface area contributed by atoms with Crippen LogP contribution in [0.2, 0.25) is 0 Å². The first-order valence-corrected chi connectivity index (χ1v) is 7.16. The third kappa shape index (κ3) is 2.52. The number of allylic oxidation sites excluding steroid dienone is 2. The normalized spacial score (nSPS) is 28.6. The summed E-state index contributed by atoms with van der Waals surface area (Å²) in [5.74, 6) is -0.278. The lowest BCUT2D eigenvalue weighted by Crippen LogP contribution is -2.46. The molecule has 0 saturated carbocycles. The Morgan fingerprint density at radius 1 is 1.29 bits per heavy atom. The third-order valence-electron chi connectivity index (χ3n) is 3.87. The highest BCUT2D eigenvalue weighted by atomic mass is 35.5. The van der Waals surface area contributed by atoms with Gasteiger partial charge in [0, 0.05) is 18.0 Å². The number of carbonyl (C=O) groups excluding carboxylic acids is 1. The second-order valence-corrected chi connectivity index (χ2v) is 5.64. The van der Waals surface area contributed by atoms with Crippen LogP contribution in [0.15, 0.2) is 58.6 Å². The average Bonchev–Trinajstić information content (AvgIpc) is 2.59. The van der Waals surface area contributed by atoms with E-state index in [1.807, 2.05) is 48.6 Å². The number of amides is 1. The highest BCUT2D eigenvalue weighted by Gasteiger charge is 2.36. The van der Waals surface area contributed by atoms with Gasteiger partial charge in [0.1, 0.15) is 0 Å². The van der Waals surface area contributed by atoms with Crippen LogP contribution in [0.1, 0.15) is 5.56 Å². The van der Waals surface area contributed by atoms with E-state index in [-0.39, 0.29) is 17.9 Å². The van der Waals surface area contributed by atoms with Gasteiger partial charge >= 0.3 is 0 Å². The van der Waals surface area contributed by atoms with Crippen LogP contribution in [0.25, 0.3) is 0 Å². The number of benzene rings is 1.